The lowest BCUT2D eigenvalue weighted by Crippen LogP contribution is -2.15. The Bertz CT molecular complexity index is 615. The van der Waals surface area contributed by atoms with Crippen LogP contribution in [0.2, 0.25) is 5.02 Å². The van der Waals surface area contributed by atoms with Crippen molar-refractivity contribution in [2.24, 2.45) is 5.73 Å². The molecule has 2 N–H and O–H groups in total. The molecule has 0 aliphatic carbocycles. The Hall–Kier alpha value is -1.58. The highest BCUT2D eigenvalue weighted by Crippen LogP contribution is 2.28. The molecule has 2 aromatic rings. The SMILES string of the molecule is COc1cc(C)ccc1C(N)Cc1cccc(Cl)c1F. The molecule has 0 aliphatic heterocycles. The summed E-state index contributed by atoms with van der Waals surface area (Å²) in [4.78, 5) is 0. The zero-order valence-electron chi connectivity index (χ0n) is 11.5. The standard InChI is InChI=1S/C16H17ClFNO/c1-10-6-7-12(15(8-10)20-2)14(19)9-11-4-3-5-13(17)16(11)18/h3-8,14H,9,19H2,1-2H3. The van der Waals surface area contributed by atoms with Gasteiger partial charge in [-0.1, -0.05) is 35.9 Å². The monoisotopic (exact) mass is 293 g/mol. The minimum atomic E-state index is -0.407. The molecule has 0 fully saturated rings. The molecule has 4 heteroatoms. The molecule has 0 spiro atoms. The lowest BCUT2D eigenvalue weighted by atomic mass is 9.97. The van der Waals surface area contributed by atoms with Crippen LogP contribution in [-0.2, 0) is 6.42 Å². The fourth-order valence-corrected chi connectivity index (χ4v) is 2.37. The van der Waals surface area contributed by atoms with E-state index in [1.807, 2.05) is 25.1 Å². The number of aryl methyl sites for hydroxylation is 1. The number of hydrogen-bond acceptors (Lipinski definition) is 2. The Morgan fingerprint density at radius 3 is 2.75 bits per heavy atom. The van der Waals surface area contributed by atoms with Gasteiger partial charge in [-0.2, -0.15) is 0 Å². The highest BCUT2D eigenvalue weighted by molar-refractivity contribution is 6.30. The number of methoxy groups -OCH3 is 1. The first-order chi connectivity index (χ1) is 9.52. The van der Waals surface area contributed by atoms with Gasteiger partial charge in [-0.25, -0.2) is 4.39 Å². The van der Waals surface area contributed by atoms with Gasteiger partial charge in [-0.15, -0.1) is 0 Å². The Kier molecular flexibility index (Phi) is 4.63. The van der Waals surface area contributed by atoms with Crippen molar-refractivity contribution in [1.82, 2.24) is 0 Å². The molecule has 2 rings (SSSR count). The maximum Gasteiger partial charge on any atom is 0.145 e. The molecule has 0 aliphatic rings. The molecule has 20 heavy (non-hydrogen) atoms. The average molecular weight is 294 g/mol. The third-order valence-electron chi connectivity index (χ3n) is 3.26. The molecule has 0 amide bonds. The summed E-state index contributed by atoms with van der Waals surface area (Å²) >= 11 is 5.78. The van der Waals surface area contributed by atoms with Crippen LogP contribution in [0.5, 0.6) is 5.75 Å². The van der Waals surface area contributed by atoms with E-state index in [-0.39, 0.29) is 11.1 Å². The van der Waals surface area contributed by atoms with Crippen LogP contribution in [0.25, 0.3) is 0 Å². The third kappa shape index (κ3) is 3.11. The normalized spacial score (nSPS) is 12.2. The average Bonchev–Trinajstić information content (AvgIpc) is 2.43. The lowest BCUT2D eigenvalue weighted by molar-refractivity contribution is 0.405. The van der Waals surface area contributed by atoms with E-state index in [1.54, 1.807) is 19.2 Å². The number of rotatable bonds is 4. The van der Waals surface area contributed by atoms with Crippen molar-refractivity contribution in [2.45, 2.75) is 19.4 Å². The van der Waals surface area contributed by atoms with Gasteiger partial charge in [0.15, 0.2) is 0 Å². The minimum Gasteiger partial charge on any atom is -0.496 e. The summed E-state index contributed by atoms with van der Waals surface area (Å²) in [6.07, 6.45) is 0.367. The van der Waals surface area contributed by atoms with Crippen LogP contribution < -0.4 is 10.5 Å². The molecule has 0 saturated heterocycles. The van der Waals surface area contributed by atoms with Crippen LogP contribution in [-0.4, -0.2) is 7.11 Å². The first-order valence-electron chi connectivity index (χ1n) is 6.36. The van der Waals surface area contributed by atoms with Crippen LogP contribution in [0.3, 0.4) is 0 Å². The lowest BCUT2D eigenvalue weighted by Gasteiger charge is -2.17. The first kappa shape index (κ1) is 14.8. The molecular weight excluding hydrogens is 277 g/mol. The van der Waals surface area contributed by atoms with Crippen LogP contribution in [0.1, 0.15) is 22.7 Å². The van der Waals surface area contributed by atoms with E-state index in [2.05, 4.69) is 0 Å². The van der Waals surface area contributed by atoms with E-state index in [0.717, 1.165) is 16.9 Å². The summed E-state index contributed by atoms with van der Waals surface area (Å²) in [5.74, 6) is 0.315. The van der Waals surface area contributed by atoms with Crippen molar-refractivity contribution in [3.63, 3.8) is 0 Å². The van der Waals surface area contributed by atoms with Crippen molar-refractivity contribution in [3.05, 3.63) is 63.9 Å². The van der Waals surface area contributed by atoms with Crippen molar-refractivity contribution < 1.29 is 9.13 Å². The summed E-state index contributed by atoms with van der Waals surface area (Å²) in [6, 6.07) is 10.4. The van der Waals surface area contributed by atoms with Crippen LogP contribution in [0.15, 0.2) is 36.4 Å². The topological polar surface area (TPSA) is 35.2 Å². The molecule has 0 radical (unpaired) electrons. The molecule has 0 aromatic heterocycles. The second-order valence-corrected chi connectivity index (χ2v) is 5.18. The number of hydrogen-bond donors (Lipinski definition) is 1. The van der Waals surface area contributed by atoms with E-state index in [9.17, 15) is 4.39 Å². The molecule has 2 aromatic carbocycles. The van der Waals surface area contributed by atoms with Crippen LogP contribution >= 0.6 is 11.6 Å². The largest absolute Gasteiger partial charge is 0.496 e. The minimum absolute atomic E-state index is 0.116. The predicted molar refractivity (Wildman–Crippen MR) is 79.8 cm³/mol. The number of halogens is 2. The molecular formula is C16H17ClFNO. The Morgan fingerprint density at radius 1 is 1.30 bits per heavy atom. The summed E-state index contributed by atoms with van der Waals surface area (Å²) in [7, 11) is 1.60. The summed E-state index contributed by atoms with van der Waals surface area (Å²) < 4.78 is 19.2. The number of ether oxygens (including phenoxy) is 1. The zero-order valence-corrected chi connectivity index (χ0v) is 12.2. The Morgan fingerprint density at radius 2 is 2.05 bits per heavy atom. The van der Waals surface area contributed by atoms with E-state index in [4.69, 9.17) is 22.1 Å². The molecule has 1 atom stereocenters. The van der Waals surface area contributed by atoms with Crippen LogP contribution in [0.4, 0.5) is 4.39 Å². The van der Waals surface area contributed by atoms with Crippen molar-refractivity contribution in [1.29, 1.82) is 0 Å². The fourth-order valence-electron chi connectivity index (χ4n) is 2.18. The molecule has 0 saturated carbocycles. The Balaban J connectivity index is 2.28. The second kappa shape index (κ2) is 6.25. The molecule has 0 heterocycles. The summed E-state index contributed by atoms with van der Waals surface area (Å²) in [5.41, 5.74) is 8.64. The molecule has 106 valence electrons. The van der Waals surface area contributed by atoms with Gasteiger partial charge in [-0.05, 0) is 36.6 Å². The van der Waals surface area contributed by atoms with Gasteiger partial charge in [0, 0.05) is 11.6 Å². The van der Waals surface area contributed by atoms with Gasteiger partial charge in [0.05, 0.1) is 12.1 Å². The first-order valence-corrected chi connectivity index (χ1v) is 6.73. The van der Waals surface area contributed by atoms with Crippen molar-refractivity contribution in [2.75, 3.05) is 7.11 Å². The zero-order chi connectivity index (χ0) is 14.7. The predicted octanol–water partition coefficient (Wildman–Crippen LogP) is 4.04. The van der Waals surface area contributed by atoms with E-state index >= 15 is 0 Å². The summed E-state index contributed by atoms with van der Waals surface area (Å²) in [6.45, 7) is 1.98. The van der Waals surface area contributed by atoms with Gasteiger partial charge < -0.3 is 10.5 Å². The highest BCUT2D eigenvalue weighted by atomic mass is 35.5. The van der Waals surface area contributed by atoms with E-state index in [1.165, 1.54) is 6.07 Å². The fraction of sp³-hybridized carbons (Fsp3) is 0.250. The summed E-state index contributed by atoms with van der Waals surface area (Å²) in [5, 5.41) is 0.116. The second-order valence-electron chi connectivity index (χ2n) is 4.77. The third-order valence-corrected chi connectivity index (χ3v) is 3.55. The van der Waals surface area contributed by atoms with Gasteiger partial charge >= 0.3 is 0 Å². The van der Waals surface area contributed by atoms with Gasteiger partial charge in [0.25, 0.3) is 0 Å². The maximum atomic E-state index is 13.9. The van der Waals surface area contributed by atoms with Crippen molar-refractivity contribution >= 4 is 11.6 Å². The van der Waals surface area contributed by atoms with Crippen LogP contribution in [0, 0.1) is 12.7 Å². The quantitative estimate of drug-likeness (QED) is 0.923. The smallest absolute Gasteiger partial charge is 0.145 e. The van der Waals surface area contributed by atoms with Crippen molar-refractivity contribution in [3.8, 4) is 5.75 Å². The highest BCUT2D eigenvalue weighted by Gasteiger charge is 2.15. The number of benzene rings is 2. The molecule has 1 unspecified atom stereocenters. The number of nitrogens with two attached hydrogens (primary N) is 1. The van der Waals surface area contributed by atoms with Gasteiger partial charge in [-0.3, -0.25) is 0 Å². The van der Waals surface area contributed by atoms with E-state index in [0.29, 0.717) is 12.0 Å². The van der Waals surface area contributed by atoms with Gasteiger partial charge in [0.2, 0.25) is 0 Å². The molecule has 2 nitrogen and oxygen atoms in total. The maximum absolute atomic E-state index is 13.9. The van der Waals surface area contributed by atoms with E-state index < -0.39 is 5.82 Å². The Labute approximate surface area is 123 Å². The molecule has 0 bridgehead atoms. The van der Waals surface area contributed by atoms with Gasteiger partial charge in [0.1, 0.15) is 11.6 Å².